The highest BCUT2D eigenvalue weighted by molar-refractivity contribution is 8.03. The standard InChI is InChI=1S/C25H29NO5S/c1-29-20-13-12-17(15-21(20)30-2)22-23(32-16-19-11-8-14-31-19)25(28)26(24(22)27)18-9-6-4-3-5-7-10-18/h8,11-15,18H,3-7,9-10,16H2,1-2H3. The van der Waals surface area contributed by atoms with Gasteiger partial charge in [-0.1, -0.05) is 38.2 Å². The van der Waals surface area contributed by atoms with Crippen molar-refractivity contribution < 1.29 is 23.5 Å². The maximum atomic E-state index is 13.7. The minimum atomic E-state index is -0.213. The summed E-state index contributed by atoms with van der Waals surface area (Å²) in [6.07, 6.45) is 8.98. The van der Waals surface area contributed by atoms with E-state index in [0.717, 1.165) is 44.3 Å². The Morgan fingerprint density at radius 3 is 2.34 bits per heavy atom. The maximum Gasteiger partial charge on any atom is 0.268 e. The van der Waals surface area contributed by atoms with E-state index in [9.17, 15) is 9.59 Å². The van der Waals surface area contributed by atoms with Crippen molar-refractivity contribution in [3.8, 4) is 11.5 Å². The monoisotopic (exact) mass is 455 g/mol. The van der Waals surface area contributed by atoms with E-state index in [4.69, 9.17) is 13.9 Å². The summed E-state index contributed by atoms with van der Waals surface area (Å²) in [6, 6.07) is 9.00. The SMILES string of the molecule is COc1ccc(C2=C(SCc3ccco3)C(=O)N(C3CCCCCCC3)C2=O)cc1OC. The molecule has 0 atom stereocenters. The summed E-state index contributed by atoms with van der Waals surface area (Å²) in [4.78, 5) is 29.2. The van der Waals surface area contributed by atoms with Gasteiger partial charge in [-0.25, -0.2) is 0 Å². The molecule has 1 aliphatic heterocycles. The number of thioether (sulfide) groups is 1. The molecule has 1 saturated carbocycles. The van der Waals surface area contributed by atoms with Crippen LogP contribution in [0.1, 0.15) is 56.3 Å². The third-order valence-corrected chi connectivity index (χ3v) is 7.22. The van der Waals surface area contributed by atoms with Gasteiger partial charge in [0.1, 0.15) is 5.76 Å². The Balaban J connectivity index is 1.70. The van der Waals surface area contributed by atoms with Crippen molar-refractivity contribution in [3.05, 3.63) is 52.8 Å². The van der Waals surface area contributed by atoms with E-state index in [2.05, 4.69) is 0 Å². The number of amides is 2. The van der Waals surface area contributed by atoms with E-state index in [1.54, 1.807) is 32.6 Å². The van der Waals surface area contributed by atoms with Gasteiger partial charge in [-0.2, -0.15) is 0 Å². The number of ether oxygens (including phenoxy) is 2. The molecular formula is C25H29NO5S. The lowest BCUT2D eigenvalue weighted by molar-refractivity contribution is -0.139. The van der Waals surface area contributed by atoms with E-state index >= 15 is 0 Å². The molecule has 1 aliphatic carbocycles. The molecule has 0 unspecified atom stereocenters. The van der Waals surface area contributed by atoms with E-state index in [-0.39, 0.29) is 17.9 Å². The van der Waals surface area contributed by atoms with Crippen LogP contribution in [0.5, 0.6) is 11.5 Å². The normalized spacial score (nSPS) is 18.1. The van der Waals surface area contributed by atoms with Gasteiger partial charge >= 0.3 is 0 Å². The summed E-state index contributed by atoms with van der Waals surface area (Å²) in [7, 11) is 3.13. The zero-order valence-electron chi connectivity index (χ0n) is 18.6. The highest BCUT2D eigenvalue weighted by Crippen LogP contribution is 2.42. The van der Waals surface area contributed by atoms with E-state index in [1.807, 2.05) is 18.2 Å². The Morgan fingerprint density at radius 1 is 0.969 bits per heavy atom. The van der Waals surface area contributed by atoms with Gasteiger partial charge in [0.15, 0.2) is 11.5 Å². The average molecular weight is 456 g/mol. The second-order valence-corrected chi connectivity index (χ2v) is 9.11. The van der Waals surface area contributed by atoms with Crippen LogP contribution in [0, 0.1) is 0 Å². The summed E-state index contributed by atoms with van der Waals surface area (Å²) in [6.45, 7) is 0. The van der Waals surface area contributed by atoms with Gasteiger partial charge in [-0.05, 0) is 42.7 Å². The molecule has 0 saturated heterocycles. The number of hydrogen-bond donors (Lipinski definition) is 0. The molecule has 0 spiro atoms. The summed E-state index contributed by atoms with van der Waals surface area (Å²) >= 11 is 1.36. The molecule has 32 heavy (non-hydrogen) atoms. The van der Waals surface area contributed by atoms with Crippen molar-refractivity contribution in [1.29, 1.82) is 0 Å². The average Bonchev–Trinajstić information content (AvgIpc) is 3.38. The second kappa shape index (κ2) is 10.3. The molecule has 170 valence electrons. The number of carbonyl (C=O) groups excluding carboxylic acids is 2. The molecule has 7 heteroatoms. The molecule has 2 aliphatic rings. The van der Waals surface area contributed by atoms with Gasteiger partial charge in [0.25, 0.3) is 11.8 Å². The van der Waals surface area contributed by atoms with Crippen LogP contribution in [0.4, 0.5) is 0 Å². The summed E-state index contributed by atoms with van der Waals surface area (Å²) in [5, 5.41) is 0. The van der Waals surface area contributed by atoms with Crippen LogP contribution in [-0.2, 0) is 15.3 Å². The number of hydrogen-bond acceptors (Lipinski definition) is 6. The summed E-state index contributed by atoms with van der Waals surface area (Å²) in [5.74, 6) is 1.94. The zero-order valence-corrected chi connectivity index (χ0v) is 19.4. The van der Waals surface area contributed by atoms with Crippen LogP contribution >= 0.6 is 11.8 Å². The van der Waals surface area contributed by atoms with Gasteiger partial charge in [0.2, 0.25) is 0 Å². The molecule has 1 aromatic heterocycles. The lowest BCUT2D eigenvalue weighted by atomic mass is 9.95. The molecule has 0 N–H and O–H groups in total. The Labute approximate surface area is 192 Å². The lowest BCUT2D eigenvalue weighted by Crippen LogP contribution is -2.41. The van der Waals surface area contributed by atoms with Gasteiger partial charge in [-0.15, -0.1) is 11.8 Å². The first-order valence-electron chi connectivity index (χ1n) is 11.1. The first-order chi connectivity index (χ1) is 15.6. The smallest absolute Gasteiger partial charge is 0.268 e. The first-order valence-corrected chi connectivity index (χ1v) is 12.1. The van der Waals surface area contributed by atoms with Crippen LogP contribution in [0.2, 0.25) is 0 Å². The molecule has 0 bridgehead atoms. The molecule has 2 aromatic rings. The largest absolute Gasteiger partial charge is 0.493 e. The van der Waals surface area contributed by atoms with Crippen molar-refractivity contribution in [3.63, 3.8) is 0 Å². The molecule has 2 heterocycles. The van der Waals surface area contributed by atoms with Crippen LogP contribution in [0.25, 0.3) is 5.57 Å². The Kier molecular flexibility index (Phi) is 7.25. The summed E-state index contributed by atoms with van der Waals surface area (Å²) < 4.78 is 16.2. The molecule has 2 amide bonds. The predicted molar refractivity (Wildman–Crippen MR) is 124 cm³/mol. The molecule has 4 rings (SSSR count). The topological polar surface area (TPSA) is 69.0 Å². The minimum absolute atomic E-state index is 0.0489. The highest BCUT2D eigenvalue weighted by atomic mass is 32.2. The van der Waals surface area contributed by atoms with E-state index < -0.39 is 0 Å². The quantitative estimate of drug-likeness (QED) is 0.519. The van der Waals surface area contributed by atoms with Crippen LogP contribution < -0.4 is 9.47 Å². The maximum absolute atomic E-state index is 13.7. The summed E-state index contributed by atoms with van der Waals surface area (Å²) in [5.41, 5.74) is 1.10. The molecular weight excluding hydrogens is 426 g/mol. The van der Waals surface area contributed by atoms with Crippen molar-refractivity contribution in [2.75, 3.05) is 14.2 Å². The number of furan rings is 1. The number of benzene rings is 1. The van der Waals surface area contributed by atoms with Crippen LogP contribution in [-0.4, -0.2) is 37.0 Å². The van der Waals surface area contributed by atoms with Gasteiger partial charge in [-0.3, -0.25) is 14.5 Å². The zero-order chi connectivity index (χ0) is 22.5. The van der Waals surface area contributed by atoms with Crippen molar-refractivity contribution in [2.24, 2.45) is 0 Å². The minimum Gasteiger partial charge on any atom is -0.493 e. The Bertz CT molecular complexity index is 990. The lowest BCUT2D eigenvalue weighted by Gasteiger charge is -2.28. The van der Waals surface area contributed by atoms with Gasteiger partial charge < -0.3 is 13.9 Å². The molecule has 1 fully saturated rings. The Hall–Kier alpha value is -2.67. The number of imide groups is 1. The molecule has 6 nitrogen and oxygen atoms in total. The second-order valence-electron chi connectivity index (χ2n) is 8.12. The molecule has 1 aromatic carbocycles. The van der Waals surface area contributed by atoms with Gasteiger partial charge in [0.05, 0.1) is 36.7 Å². The predicted octanol–water partition coefficient (Wildman–Crippen LogP) is 5.42. The van der Waals surface area contributed by atoms with E-state index in [0.29, 0.717) is 33.3 Å². The first kappa shape index (κ1) is 22.5. The van der Waals surface area contributed by atoms with Crippen molar-refractivity contribution in [2.45, 2.75) is 56.7 Å². The third kappa shape index (κ3) is 4.58. The number of nitrogens with zero attached hydrogens (tertiary/aromatic N) is 1. The van der Waals surface area contributed by atoms with Crippen LogP contribution in [0.3, 0.4) is 0 Å². The number of methoxy groups -OCH3 is 2. The van der Waals surface area contributed by atoms with Gasteiger partial charge in [0, 0.05) is 6.04 Å². The molecule has 0 radical (unpaired) electrons. The fraction of sp³-hybridized carbons (Fsp3) is 0.440. The highest BCUT2D eigenvalue weighted by Gasteiger charge is 2.42. The van der Waals surface area contributed by atoms with Crippen molar-refractivity contribution in [1.82, 2.24) is 4.90 Å². The van der Waals surface area contributed by atoms with E-state index in [1.165, 1.54) is 23.1 Å². The number of carbonyl (C=O) groups is 2. The van der Waals surface area contributed by atoms with Crippen molar-refractivity contribution >= 4 is 29.1 Å². The van der Waals surface area contributed by atoms with Crippen LogP contribution in [0.15, 0.2) is 45.9 Å². The Morgan fingerprint density at radius 2 is 1.69 bits per heavy atom. The number of rotatable bonds is 7. The fourth-order valence-corrected chi connectivity index (χ4v) is 5.49. The third-order valence-electron chi connectivity index (χ3n) is 6.12. The fourth-order valence-electron chi connectivity index (χ4n) is 4.47.